The van der Waals surface area contributed by atoms with Crippen molar-refractivity contribution in [2.75, 3.05) is 6.54 Å². The lowest BCUT2D eigenvalue weighted by Crippen LogP contribution is -2.38. The lowest BCUT2D eigenvalue weighted by Gasteiger charge is -2.28. The van der Waals surface area contributed by atoms with E-state index < -0.39 is 0 Å². The maximum Gasteiger partial charge on any atom is 0.208 e. The van der Waals surface area contributed by atoms with Crippen LogP contribution in [0, 0.1) is 0 Å². The predicted octanol–water partition coefficient (Wildman–Crippen LogP) is 1.51. The van der Waals surface area contributed by atoms with Gasteiger partial charge in [-0.3, -0.25) is 0 Å². The van der Waals surface area contributed by atoms with Gasteiger partial charge in [-0.25, -0.2) is 9.97 Å². The van der Waals surface area contributed by atoms with Gasteiger partial charge in [0.1, 0.15) is 0 Å². The molecule has 0 saturated heterocycles. The normalized spacial score (nSPS) is 17.8. The van der Waals surface area contributed by atoms with Gasteiger partial charge in [0.25, 0.3) is 0 Å². The van der Waals surface area contributed by atoms with Crippen LogP contribution in [0.4, 0.5) is 0 Å². The number of hydrogen-bond donors (Lipinski definition) is 1. The fourth-order valence-corrected chi connectivity index (χ4v) is 2.18. The quantitative estimate of drug-likeness (QED) is 0.804. The molecule has 0 aromatic carbocycles. The summed E-state index contributed by atoms with van der Waals surface area (Å²) in [7, 11) is 0. The van der Waals surface area contributed by atoms with Crippen LogP contribution in [0.2, 0.25) is 0 Å². The Bertz CT molecular complexity index is 533. The maximum absolute atomic E-state index is 5.42. The summed E-state index contributed by atoms with van der Waals surface area (Å²) >= 11 is 0. The minimum Gasteiger partial charge on any atom is -0.352 e. The highest BCUT2D eigenvalue weighted by Gasteiger charge is 2.34. The molecule has 3 rings (SSSR count). The van der Waals surface area contributed by atoms with E-state index in [1.165, 1.54) is 0 Å². The molecule has 2 aromatic heterocycles. The van der Waals surface area contributed by atoms with Crippen molar-refractivity contribution in [1.82, 2.24) is 20.4 Å². The summed E-state index contributed by atoms with van der Waals surface area (Å²) in [5.41, 5.74) is 2.08. The lowest BCUT2D eigenvalue weighted by molar-refractivity contribution is 0.377. The standard InChI is InChI=1S/C12H14N4O/c1-12(2)7-13-6-8-9(17-16-10(8)12)11-14-4-3-5-15-11/h3-5,13H,6-7H2,1-2H3. The molecule has 3 heterocycles. The highest BCUT2D eigenvalue weighted by Crippen LogP contribution is 2.33. The van der Waals surface area contributed by atoms with E-state index in [4.69, 9.17) is 4.52 Å². The van der Waals surface area contributed by atoms with E-state index in [-0.39, 0.29) is 5.41 Å². The van der Waals surface area contributed by atoms with Crippen molar-refractivity contribution in [2.45, 2.75) is 25.8 Å². The molecule has 0 aliphatic carbocycles. The summed E-state index contributed by atoms with van der Waals surface area (Å²) in [6.07, 6.45) is 3.41. The van der Waals surface area contributed by atoms with Crippen LogP contribution < -0.4 is 5.32 Å². The topological polar surface area (TPSA) is 63.8 Å². The first-order valence-corrected chi connectivity index (χ1v) is 5.65. The first-order chi connectivity index (χ1) is 8.18. The Kier molecular flexibility index (Phi) is 2.22. The molecular formula is C12H14N4O. The van der Waals surface area contributed by atoms with Crippen molar-refractivity contribution < 1.29 is 4.52 Å². The summed E-state index contributed by atoms with van der Waals surface area (Å²) in [4.78, 5) is 8.41. The Morgan fingerprint density at radius 1 is 1.29 bits per heavy atom. The van der Waals surface area contributed by atoms with Crippen molar-refractivity contribution in [2.24, 2.45) is 0 Å². The van der Waals surface area contributed by atoms with E-state index in [0.717, 1.165) is 24.3 Å². The smallest absolute Gasteiger partial charge is 0.208 e. The number of aromatic nitrogens is 3. The van der Waals surface area contributed by atoms with E-state index >= 15 is 0 Å². The van der Waals surface area contributed by atoms with Crippen molar-refractivity contribution in [3.8, 4) is 11.6 Å². The Balaban J connectivity index is 2.13. The SMILES string of the molecule is CC1(C)CNCc2c1noc2-c1ncccn1. The third kappa shape index (κ3) is 1.63. The second kappa shape index (κ2) is 3.63. The molecule has 0 saturated carbocycles. The molecule has 1 aliphatic heterocycles. The van der Waals surface area contributed by atoms with Crippen LogP contribution in [0.1, 0.15) is 25.1 Å². The van der Waals surface area contributed by atoms with Crippen molar-refractivity contribution in [3.63, 3.8) is 0 Å². The van der Waals surface area contributed by atoms with Gasteiger partial charge in [0.2, 0.25) is 5.76 Å². The van der Waals surface area contributed by atoms with Gasteiger partial charge in [-0.15, -0.1) is 0 Å². The van der Waals surface area contributed by atoms with Crippen LogP contribution in [-0.2, 0) is 12.0 Å². The van der Waals surface area contributed by atoms with Crippen molar-refractivity contribution >= 4 is 0 Å². The molecule has 2 aromatic rings. The highest BCUT2D eigenvalue weighted by atomic mass is 16.5. The van der Waals surface area contributed by atoms with Crippen LogP contribution in [-0.4, -0.2) is 21.7 Å². The number of rotatable bonds is 1. The van der Waals surface area contributed by atoms with Crippen LogP contribution >= 0.6 is 0 Å². The number of hydrogen-bond acceptors (Lipinski definition) is 5. The minimum absolute atomic E-state index is 0.00981. The fraction of sp³-hybridized carbons (Fsp3) is 0.417. The number of nitrogens with zero attached hydrogens (tertiary/aromatic N) is 3. The molecule has 1 N–H and O–H groups in total. The van der Waals surface area contributed by atoms with E-state index in [1.807, 2.05) is 0 Å². The molecule has 0 unspecified atom stereocenters. The Hall–Kier alpha value is -1.75. The van der Waals surface area contributed by atoms with E-state index in [0.29, 0.717) is 11.6 Å². The molecular weight excluding hydrogens is 216 g/mol. The Morgan fingerprint density at radius 3 is 2.82 bits per heavy atom. The van der Waals surface area contributed by atoms with Gasteiger partial charge in [0.05, 0.1) is 5.69 Å². The molecule has 0 amide bonds. The average molecular weight is 230 g/mol. The van der Waals surface area contributed by atoms with Crippen molar-refractivity contribution in [1.29, 1.82) is 0 Å². The van der Waals surface area contributed by atoms with Gasteiger partial charge >= 0.3 is 0 Å². The molecule has 1 aliphatic rings. The number of nitrogens with one attached hydrogen (secondary N) is 1. The van der Waals surface area contributed by atoms with Gasteiger partial charge in [-0.2, -0.15) is 0 Å². The lowest BCUT2D eigenvalue weighted by atomic mass is 9.83. The molecule has 0 bridgehead atoms. The summed E-state index contributed by atoms with van der Waals surface area (Å²) in [6, 6.07) is 1.79. The van der Waals surface area contributed by atoms with Crippen LogP contribution in [0.25, 0.3) is 11.6 Å². The minimum atomic E-state index is -0.00981. The summed E-state index contributed by atoms with van der Waals surface area (Å²) < 4.78 is 5.42. The summed E-state index contributed by atoms with van der Waals surface area (Å²) in [5, 5.41) is 7.56. The second-order valence-corrected chi connectivity index (χ2v) is 4.90. The van der Waals surface area contributed by atoms with Gasteiger partial charge in [-0.1, -0.05) is 19.0 Å². The van der Waals surface area contributed by atoms with Gasteiger partial charge in [-0.05, 0) is 6.07 Å². The Morgan fingerprint density at radius 2 is 2.06 bits per heavy atom. The molecule has 0 atom stereocenters. The third-order valence-electron chi connectivity index (χ3n) is 3.07. The van der Waals surface area contributed by atoms with E-state index in [1.54, 1.807) is 18.5 Å². The molecule has 0 fully saturated rings. The monoisotopic (exact) mass is 230 g/mol. The van der Waals surface area contributed by atoms with Crippen molar-refractivity contribution in [3.05, 3.63) is 29.7 Å². The summed E-state index contributed by atoms with van der Waals surface area (Å²) in [5.74, 6) is 1.28. The second-order valence-electron chi connectivity index (χ2n) is 4.90. The van der Waals surface area contributed by atoms with Crippen LogP contribution in [0.15, 0.2) is 23.0 Å². The molecule has 0 radical (unpaired) electrons. The van der Waals surface area contributed by atoms with Gasteiger partial charge in [0, 0.05) is 36.5 Å². The predicted molar refractivity (Wildman–Crippen MR) is 62.3 cm³/mol. The maximum atomic E-state index is 5.42. The zero-order valence-corrected chi connectivity index (χ0v) is 9.90. The fourth-order valence-electron chi connectivity index (χ4n) is 2.18. The van der Waals surface area contributed by atoms with Gasteiger partial charge in [0.15, 0.2) is 5.82 Å². The molecule has 0 spiro atoms. The molecule has 17 heavy (non-hydrogen) atoms. The molecule has 5 heteroatoms. The highest BCUT2D eigenvalue weighted by molar-refractivity contribution is 5.55. The molecule has 5 nitrogen and oxygen atoms in total. The Labute approximate surface area is 99.3 Å². The first kappa shape index (κ1) is 10.4. The van der Waals surface area contributed by atoms with Crippen LogP contribution in [0.3, 0.4) is 0 Å². The third-order valence-corrected chi connectivity index (χ3v) is 3.07. The zero-order chi connectivity index (χ0) is 11.9. The van der Waals surface area contributed by atoms with Crippen LogP contribution in [0.5, 0.6) is 0 Å². The number of fused-ring (bicyclic) bond motifs is 1. The summed E-state index contributed by atoms with van der Waals surface area (Å²) in [6.45, 7) is 5.96. The zero-order valence-electron chi connectivity index (χ0n) is 9.90. The van der Waals surface area contributed by atoms with E-state index in [9.17, 15) is 0 Å². The first-order valence-electron chi connectivity index (χ1n) is 5.65. The average Bonchev–Trinajstić information content (AvgIpc) is 2.75. The molecule has 88 valence electrons. The van der Waals surface area contributed by atoms with Gasteiger partial charge < -0.3 is 9.84 Å². The van der Waals surface area contributed by atoms with E-state index in [2.05, 4.69) is 34.3 Å². The largest absolute Gasteiger partial charge is 0.352 e.